The van der Waals surface area contributed by atoms with Gasteiger partial charge in [0.05, 0.1) is 0 Å². The molecule has 106 valence electrons. The number of carboxylic acids is 1. The number of amides is 3. The van der Waals surface area contributed by atoms with E-state index in [9.17, 15) is 18.8 Å². The molecule has 1 rings (SSSR count). The van der Waals surface area contributed by atoms with Crippen LogP contribution in [0.2, 0.25) is 0 Å². The molecule has 6 nitrogen and oxygen atoms in total. The quantitative estimate of drug-likeness (QED) is 0.737. The van der Waals surface area contributed by atoms with Crippen LogP contribution in [0, 0.1) is 5.82 Å². The van der Waals surface area contributed by atoms with Gasteiger partial charge in [-0.25, -0.2) is 14.0 Å². The molecule has 0 aliphatic carbocycles. The summed E-state index contributed by atoms with van der Waals surface area (Å²) in [6.45, 7) is 2.54. The molecule has 0 aliphatic rings. The number of hydrogen-bond acceptors (Lipinski definition) is 3. The summed E-state index contributed by atoms with van der Waals surface area (Å²) < 4.78 is 12.9. The van der Waals surface area contributed by atoms with Crippen molar-refractivity contribution in [1.29, 1.82) is 0 Å². The number of carbonyl (C=O) groups excluding carboxylic acids is 2. The summed E-state index contributed by atoms with van der Waals surface area (Å²) in [6.07, 6.45) is 0. The van der Waals surface area contributed by atoms with Crippen LogP contribution in [0.5, 0.6) is 0 Å². The number of hydrogen-bond donors (Lipinski definition) is 3. The number of carbonyl (C=O) groups is 3. The Labute approximate surface area is 114 Å². The van der Waals surface area contributed by atoms with Crippen molar-refractivity contribution in [3.05, 3.63) is 41.2 Å². The van der Waals surface area contributed by atoms with Gasteiger partial charge in [-0.1, -0.05) is 6.07 Å². The summed E-state index contributed by atoms with van der Waals surface area (Å²) in [5.74, 6) is -2.62. The van der Waals surface area contributed by atoms with E-state index < -0.39 is 23.7 Å². The highest BCUT2D eigenvalue weighted by Crippen LogP contribution is 2.09. The minimum absolute atomic E-state index is 0.0908. The van der Waals surface area contributed by atoms with Gasteiger partial charge >= 0.3 is 12.0 Å². The van der Waals surface area contributed by atoms with E-state index in [0.29, 0.717) is 0 Å². The molecule has 1 aromatic carbocycles. The zero-order valence-corrected chi connectivity index (χ0v) is 10.9. The molecule has 0 spiro atoms. The molecule has 0 atom stereocenters. The van der Waals surface area contributed by atoms with Crippen LogP contribution in [0.25, 0.3) is 0 Å². The second-order valence-electron chi connectivity index (χ2n) is 3.97. The summed E-state index contributed by atoms with van der Waals surface area (Å²) >= 11 is 0. The predicted molar refractivity (Wildman–Crippen MR) is 69.6 cm³/mol. The van der Waals surface area contributed by atoms with Gasteiger partial charge in [0.2, 0.25) is 0 Å². The van der Waals surface area contributed by atoms with Gasteiger partial charge in [0.1, 0.15) is 5.82 Å². The largest absolute Gasteiger partial charge is 0.478 e. The number of halogens is 1. The van der Waals surface area contributed by atoms with Gasteiger partial charge in [-0.3, -0.25) is 10.1 Å². The Morgan fingerprint density at radius 3 is 2.35 bits per heavy atom. The number of aliphatic carboxylic acids is 1. The molecule has 3 N–H and O–H groups in total. The Morgan fingerprint density at radius 2 is 1.80 bits per heavy atom. The average molecular weight is 280 g/mol. The highest BCUT2D eigenvalue weighted by molar-refractivity contribution is 6.10. The minimum atomic E-state index is -1.25. The lowest BCUT2D eigenvalue weighted by atomic mass is 10.1. The van der Waals surface area contributed by atoms with Crippen molar-refractivity contribution in [2.75, 3.05) is 5.32 Å². The highest BCUT2D eigenvalue weighted by atomic mass is 19.1. The SMILES string of the molecule is CC(C(=O)O)=C(C)C(=O)NC(=O)Nc1cccc(F)c1. The predicted octanol–water partition coefficient (Wildman–Crippen LogP) is 1.89. The Hall–Kier alpha value is -2.70. The van der Waals surface area contributed by atoms with Gasteiger partial charge in [0.15, 0.2) is 0 Å². The lowest BCUT2D eigenvalue weighted by Crippen LogP contribution is -2.35. The Kier molecular flexibility index (Phi) is 4.96. The molecule has 0 aliphatic heterocycles. The van der Waals surface area contributed by atoms with E-state index in [4.69, 9.17) is 5.11 Å². The fourth-order valence-electron chi connectivity index (χ4n) is 1.26. The third-order valence-corrected chi connectivity index (χ3v) is 2.53. The molecule has 0 radical (unpaired) electrons. The van der Waals surface area contributed by atoms with Crippen LogP contribution in [-0.4, -0.2) is 23.0 Å². The first kappa shape index (κ1) is 15.4. The first-order chi connectivity index (χ1) is 9.31. The van der Waals surface area contributed by atoms with Gasteiger partial charge in [-0.15, -0.1) is 0 Å². The third-order valence-electron chi connectivity index (χ3n) is 2.53. The first-order valence-electron chi connectivity index (χ1n) is 5.60. The molecule has 0 unspecified atom stereocenters. The van der Waals surface area contributed by atoms with Crippen molar-refractivity contribution in [1.82, 2.24) is 5.32 Å². The maximum absolute atomic E-state index is 12.9. The number of anilines is 1. The number of nitrogens with one attached hydrogen (secondary N) is 2. The summed E-state index contributed by atoms with van der Waals surface area (Å²) in [5, 5.41) is 12.9. The standard InChI is InChI=1S/C13H13FN2O4/c1-7(8(2)12(18)19)11(17)16-13(20)15-10-5-3-4-9(14)6-10/h3-6H,1-2H3,(H,18,19)(H2,15,16,17,20). The summed E-state index contributed by atoms with van der Waals surface area (Å²) in [5.41, 5.74) is -0.0835. The van der Waals surface area contributed by atoms with Crippen molar-refractivity contribution in [2.45, 2.75) is 13.8 Å². The van der Waals surface area contributed by atoms with E-state index in [1.54, 1.807) is 0 Å². The minimum Gasteiger partial charge on any atom is -0.478 e. The van der Waals surface area contributed by atoms with Crippen LogP contribution in [0.4, 0.5) is 14.9 Å². The molecule has 3 amide bonds. The molecule has 0 bridgehead atoms. The summed E-state index contributed by atoms with van der Waals surface area (Å²) in [6, 6.07) is 4.25. The molecule has 0 saturated heterocycles. The molecule has 0 heterocycles. The van der Waals surface area contributed by atoms with Gasteiger partial charge in [0.25, 0.3) is 5.91 Å². The van der Waals surface area contributed by atoms with E-state index in [1.807, 2.05) is 5.32 Å². The summed E-state index contributed by atoms with van der Waals surface area (Å²) in [7, 11) is 0. The van der Waals surface area contributed by atoms with Crippen molar-refractivity contribution in [3.8, 4) is 0 Å². The summed E-state index contributed by atoms with van der Waals surface area (Å²) in [4.78, 5) is 33.8. The van der Waals surface area contributed by atoms with E-state index in [0.717, 1.165) is 6.07 Å². The number of imide groups is 1. The number of urea groups is 1. The molecule has 7 heteroatoms. The van der Waals surface area contributed by atoms with E-state index in [2.05, 4.69) is 5.32 Å². The van der Waals surface area contributed by atoms with Gasteiger partial charge < -0.3 is 10.4 Å². The molecule has 20 heavy (non-hydrogen) atoms. The van der Waals surface area contributed by atoms with E-state index in [1.165, 1.54) is 32.0 Å². The van der Waals surface area contributed by atoms with Gasteiger partial charge in [0, 0.05) is 16.8 Å². The molecule has 0 fully saturated rings. The zero-order valence-electron chi connectivity index (χ0n) is 10.9. The van der Waals surface area contributed by atoms with Gasteiger partial charge in [-0.05, 0) is 32.0 Å². The lowest BCUT2D eigenvalue weighted by Gasteiger charge is -2.08. The Morgan fingerprint density at radius 1 is 1.15 bits per heavy atom. The van der Waals surface area contributed by atoms with Crippen LogP contribution in [0.3, 0.4) is 0 Å². The van der Waals surface area contributed by atoms with E-state index in [-0.39, 0.29) is 16.8 Å². The van der Waals surface area contributed by atoms with Crippen molar-refractivity contribution in [3.63, 3.8) is 0 Å². The first-order valence-corrected chi connectivity index (χ1v) is 5.60. The molecular formula is C13H13FN2O4. The van der Waals surface area contributed by atoms with Crippen LogP contribution in [0.15, 0.2) is 35.4 Å². The maximum Gasteiger partial charge on any atom is 0.331 e. The second-order valence-corrected chi connectivity index (χ2v) is 3.97. The van der Waals surface area contributed by atoms with Gasteiger partial charge in [-0.2, -0.15) is 0 Å². The zero-order chi connectivity index (χ0) is 15.3. The fourth-order valence-corrected chi connectivity index (χ4v) is 1.26. The Balaban J connectivity index is 2.70. The van der Waals surface area contributed by atoms with Crippen LogP contribution < -0.4 is 10.6 Å². The molecule has 0 saturated carbocycles. The van der Waals surface area contributed by atoms with E-state index >= 15 is 0 Å². The molecule has 0 aromatic heterocycles. The second kappa shape index (κ2) is 6.46. The normalized spacial score (nSPS) is 11.3. The topological polar surface area (TPSA) is 95.5 Å². The Bertz CT molecular complexity index is 596. The molecular weight excluding hydrogens is 267 g/mol. The lowest BCUT2D eigenvalue weighted by molar-refractivity contribution is -0.133. The fraction of sp³-hybridized carbons (Fsp3) is 0.154. The highest BCUT2D eigenvalue weighted by Gasteiger charge is 2.15. The van der Waals surface area contributed by atoms with Crippen molar-refractivity contribution < 1.29 is 23.9 Å². The number of carboxylic acid groups (broad SMARTS) is 1. The van der Waals surface area contributed by atoms with Crippen LogP contribution >= 0.6 is 0 Å². The average Bonchev–Trinajstić information content (AvgIpc) is 2.36. The number of benzene rings is 1. The van der Waals surface area contributed by atoms with Crippen molar-refractivity contribution in [2.24, 2.45) is 0 Å². The van der Waals surface area contributed by atoms with Crippen LogP contribution in [0.1, 0.15) is 13.8 Å². The van der Waals surface area contributed by atoms with Crippen LogP contribution in [-0.2, 0) is 9.59 Å². The maximum atomic E-state index is 12.9. The van der Waals surface area contributed by atoms with Crippen molar-refractivity contribution >= 4 is 23.6 Å². The monoisotopic (exact) mass is 280 g/mol. The smallest absolute Gasteiger partial charge is 0.331 e. The third kappa shape index (κ3) is 4.20. The molecule has 1 aromatic rings. The number of rotatable bonds is 3.